The van der Waals surface area contributed by atoms with E-state index in [1.807, 2.05) is 0 Å². The average Bonchev–Trinajstić information content (AvgIpc) is 2.67. The average molecular weight is 249 g/mol. The van der Waals surface area contributed by atoms with Crippen LogP contribution in [0.15, 0.2) is 27.4 Å². The molecule has 3 N–H and O–H groups in total. The van der Waals surface area contributed by atoms with E-state index >= 15 is 0 Å². The highest BCUT2D eigenvalue weighted by Gasteiger charge is 2.15. The fraction of sp³-hybridized carbons (Fsp3) is 0.182. The Labute approximate surface area is 101 Å². The lowest BCUT2D eigenvalue weighted by atomic mass is 10.2. The van der Waals surface area contributed by atoms with Gasteiger partial charge in [0, 0.05) is 13.6 Å². The number of nitrogens with zero attached hydrogens (tertiary/aromatic N) is 1. The van der Waals surface area contributed by atoms with Gasteiger partial charge in [-0.05, 0) is 17.7 Å². The number of carbonyl (C=O) groups is 2. The lowest BCUT2D eigenvalue weighted by Gasteiger charge is -2.14. The summed E-state index contributed by atoms with van der Waals surface area (Å²) in [5, 5.41) is 0. The van der Waals surface area contributed by atoms with Crippen LogP contribution in [0.1, 0.15) is 5.56 Å². The summed E-state index contributed by atoms with van der Waals surface area (Å²) < 4.78 is 4.89. The summed E-state index contributed by atoms with van der Waals surface area (Å²) in [6.07, 6.45) is 0. The number of hydrogen-bond donors (Lipinski definition) is 2. The Morgan fingerprint density at radius 3 is 2.83 bits per heavy atom. The quantitative estimate of drug-likeness (QED) is 0.703. The molecule has 2 amide bonds. The molecule has 0 aliphatic carbocycles. The first-order valence-electron chi connectivity index (χ1n) is 5.14. The van der Waals surface area contributed by atoms with Crippen LogP contribution in [0.4, 0.5) is 0 Å². The van der Waals surface area contributed by atoms with E-state index in [4.69, 9.17) is 10.2 Å². The van der Waals surface area contributed by atoms with Gasteiger partial charge >= 0.3 is 17.6 Å². The maximum Gasteiger partial charge on any atom is 0.417 e. The Morgan fingerprint density at radius 1 is 1.44 bits per heavy atom. The molecule has 0 spiro atoms. The van der Waals surface area contributed by atoms with Gasteiger partial charge in [0.2, 0.25) is 0 Å². The maximum absolute atomic E-state index is 11.3. The molecular formula is C11H11N3O4. The van der Waals surface area contributed by atoms with Crippen molar-refractivity contribution >= 4 is 22.9 Å². The summed E-state index contributed by atoms with van der Waals surface area (Å²) in [6, 6.07) is 5.01. The standard InChI is InChI=1S/C11H11N3O4/c1-14(10(16)9(12)15)5-6-2-3-7-8(4-6)18-11(17)13-7/h2-4H,5H2,1H3,(H2,12,15)(H,13,17). The number of nitrogens with two attached hydrogens (primary N) is 1. The zero-order valence-electron chi connectivity index (χ0n) is 9.60. The van der Waals surface area contributed by atoms with Crippen molar-refractivity contribution < 1.29 is 14.0 Å². The van der Waals surface area contributed by atoms with Crippen LogP contribution in [-0.4, -0.2) is 28.7 Å². The van der Waals surface area contributed by atoms with Crippen LogP contribution in [0.3, 0.4) is 0 Å². The molecule has 18 heavy (non-hydrogen) atoms. The molecule has 7 heteroatoms. The van der Waals surface area contributed by atoms with Crippen LogP contribution in [0, 0.1) is 0 Å². The highest BCUT2D eigenvalue weighted by molar-refractivity contribution is 6.34. The van der Waals surface area contributed by atoms with Crippen molar-refractivity contribution in [3.05, 3.63) is 34.3 Å². The van der Waals surface area contributed by atoms with Crippen LogP contribution in [0.5, 0.6) is 0 Å². The highest BCUT2D eigenvalue weighted by Crippen LogP contribution is 2.13. The Kier molecular flexibility index (Phi) is 2.88. The number of carbonyl (C=O) groups excluding carboxylic acids is 2. The zero-order valence-corrected chi connectivity index (χ0v) is 9.60. The van der Waals surface area contributed by atoms with Gasteiger partial charge in [-0.15, -0.1) is 0 Å². The molecule has 0 unspecified atom stereocenters. The van der Waals surface area contributed by atoms with Crippen molar-refractivity contribution in [2.45, 2.75) is 6.54 Å². The summed E-state index contributed by atoms with van der Waals surface area (Å²) in [7, 11) is 1.46. The fourth-order valence-corrected chi connectivity index (χ4v) is 1.62. The van der Waals surface area contributed by atoms with E-state index in [0.29, 0.717) is 11.1 Å². The number of oxazole rings is 1. The number of likely N-dealkylation sites (N-methyl/N-ethyl adjacent to an activating group) is 1. The van der Waals surface area contributed by atoms with Crippen molar-refractivity contribution in [1.82, 2.24) is 9.88 Å². The van der Waals surface area contributed by atoms with Gasteiger partial charge in [0.15, 0.2) is 5.58 Å². The third-order valence-corrected chi connectivity index (χ3v) is 2.46. The molecule has 0 atom stereocenters. The molecule has 0 bridgehead atoms. The summed E-state index contributed by atoms with van der Waals surface area (Å²) in [5.74, 6) is -2.32. The van der Waals surface area contributed by atoms with E-state index in [-0.39, 0.29) is 6.54 Å². The fourth-order valence-electron chi connectivity index (χ4n) is 1.62. The third-order valence-electron chi connectivity index (χ3n) is 2.46. The maximum atomic E-state index is 11.3. The Bertz CT molecular complexity index is 670. The molecule has 0 radical (unpaired) electrons. The summed E-state index contributed by atoms with van der Waals surface area (Å²) in [4.78, 5) is 36.7. The van der Waals surface area contributed by atoms with Gasteiger partial charge in [0.1, 0.15) is 0 Å². The summed E-state index contributed by atoms with van der Waals surface area (Å²) in [5.41, 5.74) is 6.59. The van der Waals surface area contributed by atoms with Crippen LogP contribution in [0.2, 0.25) is 0 Å². The minimum atomic E-state index is -1.01. The second-order valence-electron chi connectivity index (χ2n) is 3.87. The van der Waals surface area contributed by atoms with E-state index in [2.05, 4.69) is 4.98 Å². The first kappa shape index (κ1) is 11.9. The van der Waals surface area contributed by atoms with E-state index in [9.17, 15) is 14.4 Å². The van der Waals surface area contributed by atoms with E-state index in [1.54, 1.807) is 18.2 Å². The van der Waals surface area contributed by atoms with Crippen LogP contribution >= 0.6 is 0 Å². The van der Waals surface area contributed by atoms with E-state index in [1.165, 1.54) is 11.9 Å². The van der Waals surface area contributed by atoms with Crippen molar-refractivity contribution in [2.24, 2.45) is 5.73 Å². The van der Waals surface area contributed by atoms with Crippen LogP contribution < -0.4 is 11.5 Å². The van der Waals surface area contributed by atoms with Gasteiger partial charge in [0.25, 0.3) is 0 Å². The number of primary amides is 1. The Balaban J connectivity index is 2.24. The SMILES string of the molecule is CN(Cc1ccc2[nH]c(=O)oc2c1)C(=O)C(N)=O. The second kappa shape index (κ2) is 4.36. The number of amides is 2. The summed E-state index contributed by atoms with van der Waals surface area (Å²) in [6.45, 7) is 0.201. The van der Waals surface area contributed by atoms with Crippen molar-refractivity contribution in [1.29, 1.82) is 0 Å². The largest absolute Gasteiger partial charge is 0.417 e. The first-order chi connectivity index (χ1) is 8.47. The molecule has 1 aromatic heterocycles. The molecule has 2 aromatic rings. The topological polar surface area (TPSA) is 109 Å². The second-order valence-corrected chi connectivity index (χ2v) is 3.87. The number of fused-ring (bicyclic) bond motifs is 1. The van der Waals surface area contributed by atoms with Gasteiger partial charge in [-0.3, -0.25) is 14.6 Å². The molecule has 7 nitrogen and oxygen atoms in total. The normalized spacial score (nSPS) is 10.5. The molecular weight excluding hydrogens is 238 g/mol. The van der Waals surface area contributed by atoms with Crippen molar-refractivity contribution in [3.63, 3.8) is 0 Å². The van der Waals surface area contributed by atoms with Crippen molar-refractivity contribution in [2.75, 3.05) is 7.05 Å². The molecule has 0 saturated heterocycles. The minimum Gasteiger partial charge on any atom is -0.408 e. The van der Waals surface area contributed by atoms with Gasteiger partial charge in [0.05, 0.1) is 5.52 Å². The lowest BCUT2D eigenvalue weighted by molar-refractivity contribution is -0.143. The van der Waals surface area contributed by atoms with Crippen LogP contribution in [0.25, 0.3) is 11.1 Å². The Hall–Kier alpha value is -2.57. The van der Waals surface area contributed by atoms with Gasteiger partial charge < -0.3 is 15.1 Å². The molecule has 0 aliphatic heterocycles. The van der Waals surface area contributed by atoms with Gasteiger partial charge in [-0.1, -0.05) is 6.07 Å². The number of H-pyrrole nitrogens is 1. The van der Waals surface area contributed by atoms with E-state index in [0.717, 1.165) is 5.56 Å². The first-order valence-corrected chi connectivity index (χ1v) is 5.14. The zero-order chi connectivity index (χ0) is 13.3. The number of aromatic nitrogens is 1. The predicted molar refractivity (Wildman–Crippen MR) is 62.5 cm³/mol. The Morgan fingerprint density at radius 2 is 2.17 bits per heavy atom. The highest BCUT2D eigenvalue weighted by atomic mass is 16.4. The van der Waals surface area contributed by atoms with Gasteiger partial charge in [-0.2, -0.15) is 0 Å². The third kappa shape index (κ3) is 2.24. The predicted octanol–water partition coefficient (Wildman–Crippen LogP) is -0.435. The van der Waals surface area contributed by atoms with Gasteiger partial charge in [-0.25, -0.2) is 4.79 Å². The minimum absolute atomic E-state index is 0.201. The number of aromatic amines is 1. The molecule has 1 heterocycles. The lowest BCUT2D eigenvalue weighted by Crippen LogP contribution is -2.37. The molecule has 1 aromatic carbocycles. The number of rotatable bonds is 2. The molecule has 94 valence electrons. The summed E-state index contributed by atoms with van der Waals surface area (Å²) >= 11 is 0. The molecule has 2 rings (SSSR count). The number of benzene rings is 1. The molecule has 0 saturated carbocycles. The smallest absolute Gasteiger partial charge is 0.408 e. The monoisotopic (exact) mass is 249 g/mol. The molecule has 0 fully saturated rings. The molecule has 0 aliphatic rings. The number of hydrogen-bond acceptors (Lipinski definition) is 4. The number of nitrogens with one attached hydrogen (secondary N) is 1. The van der Waals surface area contributed by atoms with Crippen molar-refractivity contribution in [3.8, 4) is 0 Å². The van der Waals surface area contributed by atoms with Crippen LogP contribution in [-0.2, 0) is 16.1 Å². The van der Waals surface area contributed by atoms with E-state index < -0.39 is 17.6 Å².